The van der Waals surface area contributed by atoms with E-state index in [-0.39, 0.29) is 5.75 Å². The molecule has 0 aliphatic carbocycles. The molecular formula is C33H31F7N6O6. The monoisotopic (exact) mass is 740 g/mol. The van der Waals surface area contributed by atoms with Crippen molar-refractivity contribution in [1.29, 1.82) is 0 Å². The van der Waals surface area contributed by atoms with Crippen molar-refractivity contribution in [2.24, 2.45) is 0 Å². The number of aromatic nitrogens is 4. The third kappa shape index (κ3) is 9.98. The van der Waals surface area contributed by atoms with Crippen LogP contribution in [0, 0.1) is 5.82 Å². The number of carboxylic acid groups (broad SMARTS) is 2. The van der Waals surface area contributed by atoms with Crippen LogP contribution in [0.1, 0.15) is 42.4 Å². The van der Waals surface area contributed by atoms with Gasteiger partial charge in [0.25, 0.3) is 0 Å². The molecule has 2 aromatic carbocycles. The summed E-state index contributed by atoms with van der Waals surface area (Å²) in [5.74, 6) is -5.27. The van der Waals surface area contributed by atoms with Crippen LogP contribution in [0.3, 0.4) is 0 Å². The van der Waals surface area contributed by atoms with Crippen molar-refractivity contribution in [3.05, 3.63) is 89.4 Å². The van der Waals surface area contributed by atoms with E-state index in [1.807, 2.05) is 50.2 Å². The molecule has 5 aromatic rings. The maximum atomic E-state index is 16.0. The lowest BCUT2D eigenvalue weighted by atomic mass is 9.90. The fourth-order valence-corrected chi connectivity index (χ4v) is 4.65. The second-order valence-electron chi connectivity index (χ2n) is 10.5. The number of aryl methyl sites for hydroxylation is 1. The smallest absolute Gasteiger partial charge is 0.490 e. The minimum atomic E-state index is -5.08. The number of fused-ring (bicyclic) bond motifs is 1. The molecule has 3 heterocycles. The van der Waals surface area contributed by atoms with E-state index in [9.17, 15) is 26.3 Å². The van der Waals surface area contributed by atoms with Crippen molar-refractivity contribution in [3.63, 3.8) is 0 Å². The highest BCUT2D eigenvalue weighted by atomic mass is 19.4. The molecule has 1 unspecified atom stereocenters. The van der Waals surface area contributed by atoms with Crippen molar-refractivity contribution >= 4 is 34.2 Å². The summed E-state index contributed by atoms with van der Waals surface area (Å²) in [6.45, 7) is 4.17. The average Bonchev–Trinajstić information content (AvgIpc) is 3.55. The number of H-pyrrole nitrogens is 1. The Kier molecular flexibility index (Phi) is 12.9. The highest BCUT2D eigenvalue weighted by Crippen LogP contribution is 2.39. The number of imidazole rings is 1. The number of ether oxygens (including phenoxy) is 2. The number of alkyl halides is 6. The number of nitrogens with two attached hydrogens (primary N) is 2. The van der Waals surface area contributed by atoms with Gasteiger partial charge in [0, 0.05) is 22.8 Å². The number of carboxylic acids is 2. The molecule has 19 heteroatoms. The van der Waals surface area contributed by atoms with Crippen LogP contribution in [-0.2, 0) is 16.0 Å². The van der Waals surface area contributed by atoms with Crippen LogP contribution >= 0.6 is 0 Å². The topological polar surface area (TPSA) is 200 Å². The molecular weight excluding hydrogens is 709 g/mol. The minimum Gasteiger partial charge on any atom is -0.491 e. The summed E-state index contributed by atoms with van der Waals surface area (Å²) in [6.07, 6.45) is -6.15. The number of hydrogen-bond donors (Lipinski definition) is 5. The van der Waals surface area contributed by atoms with Crippen LogP contribution in [0.15, 0.2) is 60.9 Å². The molecule has 12 nitrogen and oxygen atoms in total. The van der Waals surface area contributed by atoms with Gasteiger partial charge in [-0.2, -0.15) is 26.3 Å². The lowest BCUT2D eigenvalue weighted by Gasteiger charge is -2.20. The summed E-state index contributed by atoms with van der Waals surface area (Å²) < 4.78 is 90.6. The van der Waals surface area contributed by atoms with Crippen molar-refractivity contribution in [2.45, 2.75) is 38.5 Å². The largest absolute Gasteiger partial charge is 0.491 e. The Morgan fingerprint density at radius 1 is 0.942 bits per heavy atom. The maximum Gasteiger partial charge on any atom is 0.490 e. The molecule has 278 valence electrons. The molecule has 52 heavy (non-hydrogen) atoms. The molecule has 0 fully saturated rings. The zero-order valence-electron chi connectivity index (χ0n) is 27.4. The number of nitrogens with zero attached hydrogens (tertiary/aromatic N) is 3. The zero-order valence-corrected chi connectivity index (χ0v) is 27.4. The summed E-state index contributed by atoms with van der Waals surface area (Å²) in [6, 6.07) is 14.5. The lowest BCUT2D eigenvalue weighted by molar-refractivity contribution is -0.193. The number of rotatable bonds is 8. The third-order valence-electron chi connectivity index (χ3n) is 6.96. The Labute approximate surface area is 290 Å². The summed E-state index contributed by atoms with van der Waals surface area (Å²) >= 11 is 0. The second kappa shape index (κ2) is 16.7. The lowest BCUT2D eigenvalue weighted by Crippen LogP contribution is -2.21. The molecule has 0 saturated carbocycles. The van der Waals surface area contributed by atoms with Gasteiger partial charge in [0.1, 0.15) is 11.6 Å². The van der Waals surface area contributed by atoms with Crippen molar-refractivity contribution in [2.75, 3.05) is 25.2 Å². The first-order valence-electron chi connectivity index (χ1n) is 14.9. The number of pyridine rings is 2. The van der Waals surface area contributed by atoms with Crippen LogP contribution in [0.5, 0.6) is 11.6 Å². The highest BCUT2D eigenvalue weighted by Gasteiger charge is 2.39. The van der Waals surface area contributed by atoms with E-state index in [1.165, 1.54) is 0 Å². The fourth-order valence-electron chi connectivity index (χ4n) is 4.65. The number of methoxy groups -OCH3 is 1. The second-order valence-corrected chi connectivity index (χ2v) is 10.5. The first kappa shape index (κ1) is 40.3. The van der Waals surface area contributed by atoms with Crippen molar-refractivity contribution < 1.29 is 60.0 Å². The predicted molar refractivity (Wildman–Crippen MR) is 174 cm³/mol. The van der Waals surface area contributed by atoms with E-state index >= 15 is 4.39 Å². The van der Waals surface area contributed by atoms with Gasteiger partial charge >= 0.3 is 24.3 Å². The molecule has 0 spiro atoms. The Bertz CT molecular complexity index is 2010. The number of nitrogen functional groups attached to an aromatic ring is 2. The Balaban J connectivity index is 0.000000441. The van der Waals surface area contributed by atoms with Gasteiger partial charge in [-0.3, -0.25) is 0 Å². The summed E-state index contributed by atoms with van der Waals surface area (Å²) in [7, 11) is 1.56. The van der Waals surface area contributed by atoms with Gasteiger partial charge in [-0.25, -0.2) is 28.9 Å². The normalized spacial score (nSPS) is 11.8. The van der Waals surface area contributed by atoms with Crippen LogP contribution in [0.4, 0.5) is 42.2 Å². The quantitative estimate of drug-likeness (QED) is 0.0834. The third-order valence-corrected chi connectivity index (χ3v) is 6.96. The standard InChI is InChI=1S/C29H29FN6O2.2C2HF3O2/c1-4-16-11-21(26(30)24(12-16)38-5-2)25(22-14-17-13-18(31)8-9-19(17)27(32)35-22)28-34-15-23(36-28)20-7-6-10-33-29(20)37-3;2*3-2(4,5)1(6)7/h6-15,25H,4-5,31H2,1-3H3,(H2,32,35)(H,34,36);2*(H,6,7). The molecule has 0 aliphatic rings. The molecule has 0 aliphatic heterocycles. The zero-order chi connectivity index (χ0) is 39.0. The average molecular weight is 741 g/mol. The first-order valence-corrected chi connectivity index (χ1v) is 14.9. The van der Waals surface area contributed by atoms with Gasteiger partial charge < -0.3 is 36.1 Å². The number of benzene rings is 2. The Hall–Kier alpha value is -6.14. The number of hydrogen-bond acceptors (Lipinski definition) is 9. The first-order chi connectivity index (χ1) is 24.3. The van der Waals surface area contributed by atoms with E-state index in [0.717, 1.165) is 21.9 Å². The molecule has 7 N–H and O–H groups in total. The van der Waals surface area contributed by atoms with E-state index < -0.39 is 36.0 Å². The number of anilines is 2. The van der Waals surface area contributed by atoms with Gasteiger partial charge in [0.15, 0.2) is 11.6 Å². The molecule has 0 amide bonds. The van der Waals surface area contributed by atoms with Gasteiger partial charge in [-0.05, 0) is 66.8 Å². The van der Waals surface area contributed by atoms with E-state index in [0.29, 0.717) is 53.2 Å². The minimum absolute atomic E-state index is 0.186. The van der Waals surface area contributed by atoms with Crippen LogP contribution in [0.25, 0.3) is 22.0 Å². The summed E-state index contributed by atoms with van der Waals surface area (Å²) in [5.41, 5.74) is 16.3. The van der Waals surface area contributed by atoms with Gasteiger partial charge in [0.05, 0.1) is 42.8 Å². The van der Waals surface area contributed by atoms with Crippen molar-refractivity contribution in [1.82, 2.24) is 19.9 Å². The summed E-state index contributed by atoms with van der Waals surface area (Å²) in [4.78, 5) is 34.8. The van der Waals surface area contributed by atoms with Crippen LogP contribution in [-0.4, -0.2) is 68.2 Å². The Morgan fingerprint density at radius 2 is 1.58 bits per heavy atom. The molecule has 0 saturated heterocycles. The predicted octanol–water partition coefficient (Wildman–Crippen LogP) is 6.74. The molecule has 5 rings (SSSR count). The molecule has 1 atom stereocenters. The Morgan fingerprint density at radius 3 is 2.13 bits per heavy atom. The maximum absolute atomic E-state index is 16.0. The highest BCUT2D eigenvalue weighted by molar-refractivity contribution is 5.93. The number of carbonyl (C=O) groups is 2. The van der Waals surface area contributed by atoms with Gasteiger partial charge in [-0.1, -0.05) is 13.0 Å². The number of nitrogens with one attached hydrogen (secondary N) is 1. The molecule has 0 bridgehead atoms. The SMILES string of the molecule is CCOc1cc(CC)cc(C(c2cc3cc(N)ccc3c(N)n2)c2ncc(-c3cccnc3OC)[nH]2)c1F.O=C(O)C(F)(F)F.O=C(O)C(F)(F)F. The van der Waals surface area contributed by atoms with Gasteiger partial charge in [0.2, 0.25) is 5.88 Å². The molecule has 3 aromatic heterocycles. The summed E-state index contributed by atoms with van der Waals surface area (Å²) in [5, 5.41) is 15.8. The molecule has 0 radical (unpaired) electrons. The van der Waals surface area contributed by atoms with Crippen molar-refractivity contribution in [3.8, 4) is 22.9 Å². The fraction of sp³-hybridized carbons (Fsp3) is 0.242. The van der Waals surface area contributed by atoms with Gasteiger partial charge in [-0.15, -0.1) is 0 Å². The van der Waals surface area contributed by atoms with E-state index in [4.69, 9.17) is 45.7 Å². The van der Waals surface area contributed by atoms with E-state index in [1.54, 1.807) is 31.6 Å². The number of halogens is 7. The number of aliphatic carboxylic acids is 2. The number of aromatic amines is 1. The van der Waals surface area contributed by atoms with Crippen LogP contribution in [0.2, 0.25) is 0 Å². The van der Waals surface area contributed by atoms with E-state index in [2.05, 4.69) is 15.0 Å². The van der Waals surface area contributed by atoms with Crippen LogP contribution < -0.4 is 20.9 Å².